The third-order valence-corrected chi connectivity index (χ3v) is 4.00. The van der Waals surface area contributed by atoms with Gasteiger partial charge in [0.05, 0.1) is 29.1 Å². The molecule has 0 saturated carbocycles. The second-order valence-electron chi connectivity index (χ2n) is 5.72. The summed E-state index contributed by atoms with van der Waals surface area (Å²) in [6.07, 6.45) is 4.73. The fourth-order valence-corrected chi connectivity index (χ4v) is 2.72. The number of hydrogen-bond donors (Lipinski definition) is 1. The Bertz CT molecular complexity index is 995. The van der Waals surface area contributed by atoms with Crippen molar-refractivity contribution in [2.75, 3.05) is 0 Å². The van der Waals surface area contributed by atoms with Gasteiger partial charge < -0.3 is 5.11 Å². The lowest BCUT2D eigenvalue weighted by atomic mass is 10.0. The molecule has 118 valence electrons. The Morgan fingerprint density at radius 3 is 2.54 bits per heavy atom. The fourth-order valence-electron chi connectivity index (χ4n) is 2.72. The molecule has 2 aromatic heterocycles. The van der Waals surface area contributed by atoms with Crippen molar-refractivity contribution in [2.45, 2.75) is 6.10 Å². The molecule has 24 heavy (non-hydrogen) atoms. The predicted molar refractivity (Wildman–Crippen MR) is 92.2 cm³/mol. The molecule has 1 unspecified atom stereocenters. The maximum atomic E-state index is 10.6. The number of aromatic nitrogens is 4. The van der Waals surface area contributed by atoms with Gasteiger partial charge in [0, 0.05) is 18.8 Å². The van der Waals surface area contributed by atoms with E-state index in [-0.39, 0.29) is 0 Å². The first-order valence-electron chi connectivity index (χ1n) is 7.69. The molecule has 0 spiro atoms. The van der Waals surface area contributed by atoms with Crippen molar-refractivity contribution < 1.29 is 5.11 Å². The number of aliphatic hydroxyl groups is 1. The Hall–Kier alpha value is -3.05. The van der Waals surface area contributed by atoms with Gasteiger partial charge in [-0.25, -0.2) is 4.98 Å². The molecule has 2 heterocycles. The minimum atomic E-state index is -0.681. The molecule has 4 rings (SSSR count). The van der Waals surface area contributed by atoms with Gasteiger partial charge in [-0.05, 0) is 23.3 Å². The minimum Gasteiger partial charge on any atom is -0.384 e. The normalized spacial score (nSPS) is 12.4. The summed E-state index contributed by atoms with van der Waals surface area (Å²) in [6, 6.07) is 15.2. The molecule has 0 aliphatic rings. The van der Waals surface area contributed by atoms with Crippen LogP contribution in [-0.4, -0.2) is 24.9 Å². The van der Waals surface area contributed by atoms with Crippen LogP contribution in [0.2, 0.25) is 0 Å². The van der Waals surface area contributed by atoms with E-state index in [0.29, 0.717) is 0 Å². The molecule has 4 aromatic rings. The van der Waals surface area contributed by atoms with Crippen LogP contribution in [0.25, 0.3) is 22.3 Å². The van der Waals surface area contributed by atoms with Crippen molar-refractivity contribution in [1.29, 1.82) is 0 Å². The summed E-state index contributed by atoms with van der Waals surface area (Å²) in [7, 11) is 1.87. The topological polar surface area (TPSA) is 63.8 Å². The van der Waals surface area contributed by atoms with Gasteiger partial charge in [0.25, 0.3) is 0 Å². The molecule has 5 nitrogen and oxygen atoms in total. The highest BCUT2D eigenvalue weighted by molar-refractivity contribution is 5.77. The molecule has 0 radical (unpaired) electrons. The Morgan fingerprint density at radius 1 is 0.958 bits per heavy atom. The third-order valence-electron chi connectivity index (χ3n) is 4.00. The Kier molecular flexibility index (Phi) is 3.55. The molecule has 0 aliphatic heterocycles. The minimum absolute atomic E-state index is 0.681. The van der Waals surface area contributed by atoms with Gasteiger partial charge in [-0.3, -0.25) is 9.67 Å². The van der Waals surface area contributed by atoms with Crippen molar-refractivity contribution in [3.05, 3.63) is 78.2 Å². The lowest BCUT2D eigenvalue weighted by Crippen LogP contribution is -2.00. The summed E-state index contributed by atoms with van der Waals surface area (Å²) in [4.78, 5) is 9.13. The standard InChI is InChI=1S/C19H16N4O/c1-23-12-15(10-21-23)18-11-20-16-8-7-14(9-17(16)22-18)19(24)13-5-3-2-4-6-13/h2-12,19,24H,1H3. The van der Waals surface area contributed by atoms with Crippen molar-refractivity contribution in [1.82, 2.24) is 19.7 Å². The van der Waals surface area contributed by atoms with Gasteiger partial charge in [0.2, 0.25) is 0 Å². The number of hydrogen-bond acceptors (Lipinski definition) is 4. The second-order valence-corrected chi connectivity index (χ2v) is 5.72. The predicted octanol–water partition coefficient (Wildman–Crippen LogP) is 3.11. The zero-order valence-corrected chi connectivity index (χ0v) is 13.2. The van der Waals surface area contributed by atoms with Gasteiger partial charge in [-0.15, -0.1) is 0 Å². The molecule has 0 bridgehead atoms. The highest BCUT2D eigenvalue weighted by atomic mass is 16.3. The zero-order chi connectivity index (χ0) is 16.5. The summed E-state index contributed by atoms with van der Waals surface area (Å²) < 4.78 is 1.73. The fraction of sp³-hybridized carbons (Fsp3) is 0.105. The van der Waals surface area contributed by atoms with Gasteiger partial charge in [0.1, 0.15) is 6.10 Å². The van der Waals surface area contributed by atoms with Crippen LogP contribution in [0.15, 0.2) is 67.1 Å². The Labute approximate surface area is 139 Å². The number of aliphatic hydroxyl groups excluding tert-OH is 1. The SMILES string of the molecule is Cn1cc(-c2cnc3ccc(C(O)c4ccccc4)cc3n2)cn1. The summed E-state index contributed by atoms with van der Waals surface area (Å²) in [6.45, 7) is 0. The van der Waals surface area contributed by atoms with Crippen LogP contribution >= 0.6 is 0 Å². The smallest absolute Gasteiger partial charge is 0.104 e. The summed E-state index contributed by atoms with van der Waals surface area (Å²) in [5, 5.41) is 14.7. The first-order valence-corrected chi connectivity index (χ1v) is 7.69. The number of benzene rings is 2. The molecule has 0 aliphatic carbocycles. The lowest BCUT2D eigenvalue weighted by Gasteiger charge is -2.12. The lowest BCUT2D eigenvalue weighted by molar-refractivity contribution is 0.220. The highest BCUT2D eigenvalue weighted by Crippen LogP contribution is 2.25. The zero-order valence-electron chi connectivity index (χ0n) is 13.2. The van der Waals surface area contributed by atoms with Crippen LogP contribution in [0.4, 0.5) is 0 Å². The Balaban J connectivity index is 1.76. The van der Waals surface area contributed by atoms with Gasteiger partial charge in [0.15, 0.2) is 0 Å². The van der Waals surface area contributed by atoms with Crippen LogP contribution in [0.3, 0.4) is 0 Å². The number of rotatable bonds is 3. The van der Waals surface area contributed by atoms with E-state index >= 15 is 0 Å². The van der Waals surface area contributed by atoms with Crippen molar-refractivity contribution in [3.8, 4) is 11.3 Å². The van der Waals surface area contributed by atoms with Gasteiger partial charge in [-0.2, -0.15) is 5.10 Å². The quantitative estimate of drug-likeness (QED) is 0.631. The van der Waals surface area contributed by atoms with Crippen molar-refractivity contribution >= 4 is 11.0 Å². The van der Waals surface area contributed by atoms with Crippen LogP contribution in [0.5, 0.6) is 0 Å². The molecular weight excluding hydrogens is 300 g/mol. The van der Waals surface area contributed by atoms with Crippen LogP contribution < -0.4 is 0 Å². The Morgan fingerprint density at radius 2 is 1.79 bits per heavy atom. The van der Waals surface area contributed by atoms with Crippen molar-refractivity contribution in [3.63, 3.8) is 0 Å². The molecule has 5 heteroatoms. The maximum Gasteiger partial charge on any atom is 0.104 e. The molecule has 0 saturated heterocycles. The monoisotopic (exact) mass is 316 g/mol. The summed E-state index contributed by atoms with van der Waals surface area (Å²) in [5.41, 5.74) is 4.89. The van der Waals surface area contributed by atoms with Crippen molar-refractivity contribution in [2.24, 2.45) is 7.05 Å². The van der Waals surface area contributed by atoms with Gasteiger partial charge >= 0.3 is 0 Å². The van der Waals surface area contributed by atoms with E-state index in [2.05, 4.69) is 15.1 Å². The van der Waals surface area contributed by atoms with E-state index in [9.17, 15) is 5.11 Å². The van der Waals surface area contributed by atoms with Crippen LogP contribution in [0, 0.1) is 0 Å². The van der Waals surface area contributed by atoms with E-state index < -0.39 is 6.10 Å². The third kappa shape index (κ3) is 2.66. The largest absolute Gasteiger partial charge is 0.384 e. The second kappa shape index (κ2) is 5.86. The molecule has 1 N–H and O–H groups in total. The maximum absolute atomic E-state index is 10.6. The van der Waals surface area contributed by atoms with E-state index in [4.69, 9.17) is 0 Å². The average molecular weight is 316 g/mol. The van der Waals surface area contributed by atoms with E-state index in [0.717, 1.165) is 33.4 Å². The van der Waals surface area contributed by atoms with Gasteiger partial charge in [-0.1, -0.05) is 36.4 Å². The number of nitrogens with zero attached hydrogens (tertiary/aromatic N) is 4. The average Bonchev–Trinajstić information content (AvgIpc) is 3.07. The van der Waals surface area contributed by atoms with E-state index in [1.165, 1.54) is 0 Å². The first kappa shape index (κ1) is 14.5. The number of aryl methyl sites for hydroxylation is 1. The molecule has 1 atom stereocenters. The first-order chi connectivity index (χ1) is 11.7. The molecular formula is C19H16N4O. The summed E-state index contributed by atoms with van der Waals surface area (Å²) in [5.74, 6) is 0. The molecule has 2 aromatic carbocycles. The van der Waals surface area contributed by atoms with E-state index in [1.807, 2.05) is 61.8 Å². The summed E-state index contributed by atoms with van der Waals surface area (Å²) >= 11 is 0. The number of fused-ring (bicyclic) bond motifs is 1. The highest BCUT2D eigenvalue weighted by Gasteiger charge is 2.12. The van der Waals surface area contributed by atoms with Crippen LogP contribution in [-0.2, 0) is 7.05 Å². The van der Waals surface area contributed by atoms with E-state index in [1.54, 1.807) is 17.1 Å². The molecule has 0 amide bonds. The molecule has 0 fully saturated rings. The van der Waals surface area contributed by atoms with Crippen LogP contribution in [0.1, 0.15) is 17.2 Å².